The van der Waals surface area contributed by atoms with Crippen molar-refractivity contribution in [3.63, 3.8) is 0 Å². The van der Waals surface area contributed by atoms with E-state index in [9.17, 15) is 0 Å². The molecule has 6 heteroatoms. The zero-order valence-corrected chi connectivity index (χ0v) is 16.2. The van der Waals surface area contributed by atoms with Crippen molar-refractivity contribution in [3.05, 3.63) is 28.7 Å². The third-order valence-electron chi connectivity index (χ3n) is 4.34. The molecule has 3 fully saturated rings. The second kappa shape index (κ2) is 6.00. The molecule has 2 bridgehead atoms. The summed E-state index contributed by atoms with van der Waals surface area (Å²) in [6, 6.07) is 8.17. The van der Waals surface area contributed by atoms with Crippen LogP contribution in [0, 0.1) is 0 Å². The van der Waals surface area contributed by atoms with Crippen molar-refractivity contribution in [2.75, 3.05) is 19.7 Å². The molecule has 3 heterocycles. The van der Waals surface area contributed by atoms with Gasteiger partial charge in [-0.05, 0) is 39.8 Å². The average molecular weight is 386 g/mol. The summed E-state index contributed by atoms with van der Waals surface area (Å²) in [7, 11) is -2.89. The van der Waals surface area contributed by atoms with Crippen molar-refractivity contribution in [2.45, 2.75) is 45.4 Å². The number of fused-ring (bicyclic) bond motifs is 6. The number of nitrogens with zero attached hydrogens (tertiary/aromatic N) is 1. The lowest BCUT2D eigenvalue weighted by atomic mass is 10.0. The molecule has 0 N–H and O–H groups in total. The number of halogens is 1. The van der Waals surface area contributed by atoms with Gasteiger partial charge in [-0.2, -0.15) is 0 Å². The van der Waals surface area contributed by atoms with E-state index in [0.717, 1.165) is 22.7 Å². The topological polar surface area (TPSA) is 30.9 Å². The highest BCUT2D eigenvalue weighted by Gasteiger charge is 2.52. The molecule has 4 nitrogen and oxygen atoms in total. The van der Waals surface area contributed by atoms with Crippen LogP contribution in [0.1, 0.15) is 27.7 Å². The fourth-order valence-corrected chi connectivity index (χ4v) is 6.35. The van der Waals surface area contributed by atoms with E-state index in [-0.39, 0.29) is 17.7 Å². The Hall–Kier alpha value is -0.243. The quantitative estimate of drug-likeness (QED) is 0.695. The Morgan fingerprint density at radius 2 is 1.64 bits per heavy atom. The summed E-state index contributed by atoms with van der Waals surface area (Å²) < 4.78 is 20.2. The SMILES string of the molecule is CC1CN2CC(C)O[Si](c3ccc(Br)cc3)(OCC2(C)C)O1. The highest BCUT2D eigenvalue weighted by molar-refractivity contribution is 9.10. The maximum Gasteiger partial charge on any atom is 0.537 e. The molecule has 0 aliphatic carbocycles. The summed E-state index contributed by atoms with van der Waals surface area (Å²) in [5, 5.41) is 1.04. The van der Waals surface area contributed by atoms with Crippen molar-refractivity contribution in [2.24, 2.45) is 0 Å². The molecule has 2 atom stereocenters. The van der Waals surface area contributed by atoms with Crippen molar-refractivity contribution in [1.29, 1.82) is 0 Å². The van der Waals surface area contributed by atoms with Crippen LogP contribution < -0.4 is 5.19 Å². The Morgan fingerprint density at radius 1 is 1.09 bits per heavy atom. The van der Waals surface area contributed by atoms with Crippen molar-refractivity contribution in [1.82, 2.24) is 4.90 Å². The lowest BCUT2D eigenvalue weighted by Crippen LogP contribution is -2.69. The second-order valence-corrected chi connectivity index (χ2v) is 10.3. The number of hydrogen-bond acceptors (Lipinski definition) is 4. The van der Waals surface area contributed by atoms with Crippen molar-refractivity contribution < 1.29 is 13.3 Å². The minimum atomic E-state index is -2.89. The van der Waals surface area contributed by atoms with Crippen LogP contribution in [0.3, 0.4) is 0 Å². The fraction of sp³-hybridized carbons (Fsp3) is 0.625. The van der Waals surface area contributed by atoms with E-state index < -0.39 is 8.80 Å². The van der Waals surface area contributed by atoms with Gasteiger partial charge in [0.05, 0.1) is 18.8 Å². The first kappa shape index (κ1) is 16.6. The van der Waals surface area contributed by atoms with E-state index in [0.29, 0.717) is 6.61 Å². The van der Waals surface area contributed by atoms with Crippen LogP contribution in [0.2, 0.25) is 0 Å². The van der Waals surface area contributed by atoms with Gasteiger partial charge in [0.25, 0.3) is 0 Å². The highest BCUT2D eigenvalue weighted by Crippen LogP contribution is 2.29. The smallest absolute Gasteiger partial charge is 0.368 e. The van der Waals surface area contributed by atoms with E-state index in [2.05, 4.69) is 60.7 Å². The molecular weight excluding hydrogens is 362 g/mol. The molecular formula is C16H24BrNO3Si. The third kappa shape index (κ3) is 3.18. The van der Waals surface area contributed by atoms with E-state index >= 15 is 0 Å². The van der Waals surface area contributed by atoms with Gasteiger partial charge in [-0.15, -0.1) is 0 Å². The molecule has 0 aromatic heterocycles. The Balaban J connectivity index is 2.04. The van der Waals surface area contributed by atoms with Crippen LogP contribution in [-0.2, 0) is 13.3 Å². The molecule has 2 unspecified atom stereocenters. The minimum absolute atomic E-state index is 0.0102. The highest BCUT2D eigenvalue weighted by atomic mass is 79.9. The van der Waals surface area contributed by atoms with Crippen LogP contribution in [-0.4, -0.2) is 51.1 Å². The van der Waals surface area contributed by atoms with Gasteiger partial charge in [0.15, 0.2) is 0 Å². The molecule has 3 saturated heterocycles. The number of benzene rings is 1. The first-order valence-electron chi connectivity index (χ1n) is 7.81. The summed E-state index contributed by atoms with van der Waals surface area (Å²) in [4.78, 5) is 2.42. The molecule has 3 aliphatic heterocycles. The van der Waals surface area contributed by atoms with Gasteiger partial charge in [-0.1, -0.05) is 28.1 Å². The summed E-state index contributed by atoms with van der Waals surface area (Å²) in [5.74, 6) is 0. The van der Waals surface area contributed by atoms with Gasteiger partial charge >= 0.3 is 8.80 Å². The molecule has 0 amide bonds. The Bertz CT molecular complexity index is 523. The summed E-state index contributed by atoms with van der Waals surface area (Å²) in [6.45, 7) is 11.1. The maximum absolute atomic E-state index is 6.38. The lowest BCUT2D eigenvalue weighted by molar-refractivity contribution is -0.0950. The normalized spacial score (nSPS) is 38.1. The summed E-state index contributed by atoms with van der Waals surface area (Å²) in [6.07, 6.45) is 0.171. The standard InChI is InChI=1S/C16H24BrNO3Si/c1-12-9-18-10-13(2)21-22(20-12,19-11-16(18,3)4)15-7-5-14(17)6-8-15/h5-8,12-13H,9-11H2,1-4H3. The lowest BCUT2D eigenvalue weighted by Gasteiger charge is -2.50. The Morgan fingerprint density at radius 3 is 2.18 bits per heavy atom. The molecule has 4 rings (SSSR count). The van der Waals surface area contributed by atoms with Gasteiger partial charge in [-0.3, -0.25) is 4.90 Å². The van der Waals surface area contributed by atoms with E-state index in [4.69, 9.17) is 13.3 Å². The maximum atomic E-state index is 6.38. The second-order valence-electron chi connectivity index (χ2n) is 6.93. The van der Waals surface area contributed by atoms with Gasteiger partial charge < -0.3 is 13.3 Å². The van der Waals surface area contributed by atoms with Crippen LogP contribution in [0.25, 0.3) is 0 Å². The molecule has 22 heavy (non-hydrogen) atoms. The zero-order valence-electron chi connectivity index (χ0n) is 13.6. The van der Waals surface area contributed by atoms with Gasteiger partial charge in [-0.25, -0.2) is 0 Å². The third-order valence-corrected chi connectivity index (χ3v) is 7.86. The van der Waals surface area contributed by atoms with Crippen LogP contribution in [0.15, 0.2) is 28.7 Å². The molecule has 1 aromatic rings. The zero-order chi connectivity index (χ0) is 16.0. The predicted octanol–water partition coefficient (Wildman–Crippen LogP) is 2.53. The van der Waals surface area contributed by atoms with E-state index in [1.54, 1.807) is 0 Å². The van der Waals surface area contributed by atoms with E-state index in [1.165, 1.54) is 0 Å². The summed E-state index contributed by atoms with van der Waals surface area (Å²) >= 11 is 3.49. The number of hydrogen-bond donors (Lipinski definition) is 0. The summed E-state index contributed by atoms with van der Waals surface area (Å²) in [5.41, 5.74) is -0.0102. The van der Waals surface area contributed by atoms with E-state index in [1.807, 2.05) is 12.1 Å². The molecule has 122 valence electrons. The fourth-order valence-electron chi connectivity index (χ4n) is 3.13. The monoisotopic (exact) mass is 385 g/mol. The average Bonchev–Trinajstić information content (AvgIpc) is 2.42. The predicted molar refractivity (Wildman–Crippen MR) is 92.2 cm³/mol. The molecule has 1 aromatic carbocycles. The minimum Gasteiger partial charge on any atom is -0.368 e. The van der Waals surface area contributed by atoms with Crippen LogP contribution in [0.5, 0.6) is 0 Å². The molecule has 0 radical (unpaired) electrons. The van der Waals surface area contributed by atoms with Crippen molar-refractivity contribution >= 4 is 29.9 Å². The number of rotatable bonds is 1. The Kier molecular flexibility index (Phi) is 4.53. The van der Waals surface area contributed by atoms with Crippen molar-refractivity contribution in [3.8, 4) is 0 Å². The largest absolute Gasteiger partial charge is 0.537 e. The first-order valence-corrected chi connectivity index (χ1v) is 10.3. The Labute approximate surface area is 142 Å². The van der Waals surface area contributed by atoms with Gasteiger partial charge in [0.1, 0.15) is 0 Å². The van der Waals surface area contributed by atoms with Gasteiger partial charge in [0.2, 0.25) is 0 Å². The van der Waals surface area contributed by atoms with Crippen LogP contribution >= 0.6 is 15.9 Å². The molecule has 0 saturated carbocycles. The first-order chi connectivity index (χ1) is 10.3. The molecule has 3 aliphatic rings. The van der Waals surface area contributed by atoms with Crippen LogP contribution in [0.4, 0.5) is 0 Å². The molecule has 0 spiro atoms. The van der Waals surface area contributed by atoms with Gasteiger partial charge in [0, 0.05) is 28.3 Å².